The lowest BCUT2D eigenvalue weighted by Gasteiger charge is -2.10. The monoisotopic (exact) mass is 128 g/mol. The predicted octanol–water partition coefficient (Wildman–Crippen LogP) is 0.236. The number of hydrogen-bond donors (Lipinski definition) is 0. The van der Waals surface area contributed by atoms with Crippen LogP contribution in [0.25, 0.3) is 0 Å². The molecular weight excluding hydrogens is 124 g/mol. The van der Waals surface area contributed by atoms with Crippen LogP contribution in [0.5, 0.6) is 0 Å². The second-order valence-electron chi connectivity index (χ2n) is 1.53. The predicted molar refractivity (Wildman–Crippen MR) is 26.6 cm³/mol. The van der Waals surface area contributed by atoms with E-state index in [1.165, 1.54) is 0 Å². The summed E-state index contributed by atoms with van der Waals surface area (Å²) in [6.07, 6.45) is -0.951. The SMILES string of the molecule is C=C1COC(=O)OC1=O. The highest BCUT2D eigenvalue weighted by atomic mass is 16.7. The van der Waals surface area contributed by atoms with Gasteiger partial charge in [0.25, 0.3) is 0 Å². The molecule has 0 unspecified atom stereocenters. The standard InChI is InChI=1S/C5H4O4/c1-3-2-8-5(7)9-4(3)6/h1-2H2. The van der Waals surface area contributed by atoms with Gasteiger partial charge in [-0.1, -0.05) is 6.58 Å². The third-order valence-corrected chi connectivity index (χ3v) is 0.829. The van der Waals surface area contributed by atoms with Gasteiger partial charge in [-0.15, -0.1) is 0 Å². The summed E-state index contributed by atoms with van der Waals surface area (Å²) in [5.74, 6) is -0.703. The van der Waals surface area contributed by atoms with Crippen LogP contribution in [0.15, 0.2) is 12.2 Å². The van der Waals surface area contributed by atoms with Gasteiger partial charge in [-0.3, -0.25) is 0 Å². The first-order valence-corrected chi connectivity index (χ1v) is 2.27. The van der Waals surface area contributed by atoms with Crippen molar-refractivity contribution >= 4 is 12.1 Å². The van der Waals surface area contributed by atoms with Crippen LogP contribution in [0.1, 0.15) is 0 Å². The normalized spacial score (nSPS) is 18.9. The van der Waals surface area contributed by atoms with Crippen LogP contribution >= 0.6 is 0 Å². The number of rotatable bonds is 0. The molecule has 4 heteroatoms. The minimum Gasteiger partial charge on any atom is -0.429 e. The Bertz CT molecular complexity index is 181. The molecule has 1 aliphatic heterocycles. The van der Waals surface area contributed by atoms with E-state index in [9.17, 15) is 9.59 Å². The zero-order valence-electron chi connectivity index (χ0n) is 4.55. The van der Waals surface area contributed by atoms with Gasteiger partial charge in [-0.2, -0.15) is 0 Å². The van der Waals surface area contributed by atoms with Gasteiger partial charge in [-0.05, 0) is 0 Å². The summed E-state index contributed by atoms with van der Waals surface area (Å²) >= 11 is 0. The Labute approximate surface area is 51.1 Å². The zero-order chi connectivity index (χ0) is 6.85. The van der Waals surface area contributed by atoms with E-state index in [1.807, 2.05) is 0 Å². The highest BCUT2D eigenvalue weighted by Crippen LogP contribution is 2.04. The van der Waals surface area contributed by atoms with E-state index in [0.717, 1.165) is 0 Å². The molecule has 0 saturated carbocycles. The van der Waals surface area contributed by atoms with E-state index < -0.39 is 12.1 Å². The fourth-order valence-electron chi connectivity index (χ4n) is 0.382. The van der Waals surface area contributed by atoms with E-state index in [1.54, 1.807) is 0 Å². The minimum absolute atomic E-state index is 0.0579. The summed E-state index contributed by atoms with van der Waals surface area (Å²) in [6.45, 7) is 3.22. The fraction of sp³-hybridized carbons (Fsp3) is 0.200. The Morgan fingerprint density at radius 2 is 2.11 bits per heavy atom. The number of hydrogen-bond acceptors (Lipinski definition) is 4. The Hall–Kier alpha value is -1.32. The smallest absolute Gasteiger partial charge is 0.429 e. The molecule has 48 valence electrons. The first-order valence-electron chi connectivity index (χ1n) is 2.27. The van der Waals surface area contributed by atoms with Gasteiger partial charge in [0.2, 0.25) is 0 Å². The van der Waals surface area contributed by atoms with Crippen molar-refractivity contribution in [3.63, 3.8) is 0 Å². The quantitative estimate of drug-likeness (QED) is 0.266. The largest absolute Gasteiger partial charge is 0.516 e. The average Bonchev–Trinajstić information content (AvgIpc) is 1.80. The maximum absolute atomic E-state index is 10.4. The summed E-state index contributed by atoms with van der Waals surface area (Å²) < 4.78 is 8.28. The number of cyclic esters (lactones) is 3. The average molecular weight is 128 g/mol. The van der Waals surface area contributed by atoms with Crippen molar-refractivity contribution in [1.29, 1.82) is 0 Å². The van der Waals surface area contributed by atoms with Gasteiger partial charge in [0.05, 0.1) is 5.57 Å². The van der Waals surface area contributed by atoms with Gasteiger partial charge in [0.1, 0.15) is 6.61 Å². The summed E-state index contributed by atoms with van der Waals surface area (Å²) in [6, 6.07) is 0. The van der Waals surface area contributed by atoms with Crippen molar-refractivity contribution < 1.29 is 19.1 Å². The molecule has 4 nitrogen and oxygen atoms in total. The van der Waals surface area contributed by atoms with E-state index in [2.05, 4.69) is 16.1 Å². The summed E-state index contributed by atoms with van der Waals surface area (Å²) in [4.78, 5) is 20.5. The molecule has 0 atom stereocenters. The molecule has 0 amide bonds. The zero-order valence-corrected chi connectivity index (χ0v) is 4.55. The van der Waals surface area contributed by atoms with E-state index in [0.29, 0.717) is 0 Å². The Balaban J connectivity index is 2.64. The third kappa shape index (κ3) is 1.07. The van der Waals surface area contributed by atoms with Gasteiger partial charge in [-0.25, -0.2) is 9.59 Å². The molecule has 1 aliphatic rings. The van der Waals surface area contributed by atoms with Crippen LogP contribution in [-0.2, 0) is 14.3 Å². The molecule has 0 aromatic carbocycles. The van der Waals surface area contributed by atoms with Gasteiger partial charge in [0.15, 0.2) is 0 Å². The first kappa shape index (κ1) is 5.81. The Morgan fingerprint density at radius 1 is 1.44 bits per heavy atom. The van der Waals surface area contributed by atoms with Crippen molar-refractivity contribution in [2.45, 2.75) is 0 Å². The lowest BCUT2D eigenvalue weighted by atomic mass is 10.3. The number of carbonyl (C=O) groups is 2. The van der Waals surface area contributed by atoms with Crippen LogP contribution in [0, 0.1) is 0 Å². The molecule has 0 spiro atoms. The van der Waals surface area contributed by atoms with Crippen LogP contribution in [0.3, 0.4) is 0 Å². The number of esters is 1. The highest BCUT2D eigenvalue weighted by Gasteiger charge is 2.21. The summed E-state index contributed by atoms with van der Waals surface area (Å²) in [5.41, 5.74) is 0.162. The molecule has 1 rings (SSSR count). The van der Waals surface area contributed by atoms with Gasteiger partial charge < -0.3 is 9.47 Å². The summed E-state index contributed by atoms with van der Waals surface area (Å²) in [5, 5.41) is 0. The number of carbonyl (C=O) groups excluding carboxylic acids is 2. The molecule has 0 aliphatic carbocycles. The number of ether oxygens (including phenoxy) is 2. The molecule has 1 heterocycles. The van der Waals surface area contributed by atoms with E-state index in [-0.39, 0.29) is 12.2 Å². The fourth-order valence-corrected chi connectivity index (χ4v) is 0.382. The van der Waals surface area contributed by atoms with Crippen molar-refractivity contribution in [3.8, 4) is 0 Å². The lowest BCUT2D eigenvalue weighted by Crippen LogP contribution is -2.24. The maximum Gasteiger partial charge on any atom is 0.516 e. The van der Waals surface area contributed by atoms with Crippen LogP contribution in [0.4, 0.5) is 4.79 Å². The van der Waals surface area contributed by atoms with Crippen LogP contribution < -0.4 is 0 Å². The van der Waals surface area contributed by atoms with E-state index >= 15 is 0 Å². The van der Waals surface area contributed by atoms with Crippen molar-refractivity contribution in [2.24, 2.45) is 0 Å². The van der Waals surface area contributed by atoms with E-state index in [4.69, 9.17) is 0 Å². The Morgan fingerprint density at radius 3 is 2.56 bits per heavy atom. The molecule has 9 heavy (non-hydrogen) atoms. The van der Waals surface area contributed by atoms with Crippen molar-refractivity contribution in [2.75, 3.05) is 6.61 Å². The van der Waals surface area contributed by atoms with Crippen LogP contribution in [-0.4, -0.2) is 18.7 Å². The maximum atomic E-state index is 10.4. The molecule has 0 bridgehead atoms. The Kier molecular flexibility index (Phi) is 1.22. The van der Waals surface area contributed by atoms with Crippen LogP contribution in [0.2, 0.25) is 0 Å². The third-order valence-electron chi connectivity index (χ3n) is 0.829. The molecule has 0 N–H and O–H groups in total. The van der Waals surface area contributed by atoms with Gasteiger partial charge in [0, 0.05) is 0 Å². The second-order valence-corrected chi connectivity index (χ2v) is 1.53. The van der Waals surface area contributed by atoms with Crippen molar-refractivity contribution in [3.05, 3.63) is 12.2 Å². The lowest BCUT2D eigenvalue weighted by molar-refractivity contribution is -0.138. The first-order chi connectivity index (χ1) is 4.20. The van der Waals surface area contributed by atoms with Crippen molar-refractivity contribution in [1.82, 2.24) is 0 Å². The molecule has 1 saturated heterocycles. The van der Waals surface area contributed by atoms with Gasteiger partial charge >= 0.3 is 12.1 Å². The molecule has 0 radical (unpaired) electrons. The highest BCUT2D eigenvalue weighted by molar-refractivity contribution is 5.96. The second kappa shape index (κ2) is 1.89. The summed E-state index contributed by atoms with van der Waals surface area (Å²) in [7, 11) is 0. The minimum atomic E-state index is -0.951. The molecule has 0 aromatic heterocycles. The topological polar surface area (TPSA) is 52.6 Å². The molecule has 1 fully saturated rings. The molecule has 0 aromatic rings. The molecular formula is C5H4O4.